The topological polar surface area (TPSA) is 64.7 Å². The lowest BCUT2D eigenvalue weighted by molar-refractivity contribution is -0.144. The summed E-state index contributed by atoms with van der Waals surface area (Å²) in [6.07, 6.45) is -3.01. The van der Waals surface area contributed by atoms with Gasteiger partial charge in [-0.3, -0.25) is 14.2 Å². The third kappa shape index (κ3) is 3.41. The Balaban J connectivity index is 2.25. The van der Waals surface area contributed by atoms with Crippen LogP contribution in [0.25, 0.3) is 0 Å². The molecule has 1 atom stereocenters. The van der Waals surface area contributed by atoms with E-state index in [-0.39, 0.29) is 10.2 Å². The van der Waals surface area contributed by atoms with E-state index in [0.717, 1.165) is 12.7 Å². The first-order valence-corrected chi connectivity index (χ1v) is 7.58. The van der Waals surface area contributed by atoms with Crippen LogP contribution >= 0.6 is 15.9 Å². The van der Waals surface area contributed by atoms with Gasteiger partial charge < -0.3 is 5.32 Å². The molecule has 0 aliphatic carbocycles. The molecule has 0 saturated carbocycles. The lowest BCUT2D eigenvalue weighted by atomic mass is 10.2. The number of halogens is 4. The van der Waals surface area contributed by atoms with Crippen molar-refractivity contribution in [3.63, 3.8) is 0 Å². The van der Waals surface area contributed by atoms with Crippen LogP contribution in [0.3, 0.4) is 0 Å². The van der Waals surface area contributed by atoms with E-state index in [1.54, 1.807) is 23.9 Å². The largest absolute Gasteiger partial charge is 0.434 e. The predicted molar refractivity (Wildman–Crippen MR) is 79.7 cm³/mol. The second kappa shape index (κ2) is 6.34. The molecule has 10 heteroatoms. The van der Waals surface area contributed by atoms with Gasteiger partial charge in [0, 0.05) is 19.8 Å². The number of alkyl halides is 3. The number of nitrogens with zero attached hydrogens (tertiary/aromatic N) is 4. The van der Waals surface area contributed by atoms with E-state index < -0.39 is 23.8 Å². The zero-order chi connectivity index (χ0) is 17.4. The van der Waals surface area contributed by atoms with Crippen molar-refractivity contribution in [2.45, 2.75) is 32.6 Å². The van der Waals surface area contributed by atoms with Crippen LogP contribution in [0.1, 0.15) is 41.8 Å². The summed E-state index contributed by atoms with van der Waals surface area (Å²) in [6, 6.07) is 1.32. The zero-order valence-electron chi connectivity index (χ0n) is 12.6. The summed E-state index contributed by atoms with van der Waals surface area (Å²) in [5.74, 6) is -0.695. The Kier molecular flexibility index (Phi) is 4.83. The van der Waals surface area contributed by atoms with Crippen molar-refractivity contribution in [2.75, 3.05) is 0 Å². The van der Waals surface area contributed by atoms with E-state index in [0.29, 0.717) is 11.2 Å². The van der Waals surface area contributed by atoms with Crippen molar-refractivity contribution in [1.29, 1.82) is 0 Å². The van der Waals surface area contributed by atoms with Gasteiger partial charge in [-0.2, -0.15) is 23.4 Å². The second-order valence-corrected chi connectivity index (χ2v) is 5.69. The number of carbonyl (C=O) groups is 1. The fraction of sp³-hybridized carbons (Fsp3) is 0.462. The molecule has 0 fully saturated rings. The summed E-state index contributed by atoms with van der Waals surface area (Å²) in [6.45, 7) is 4.24. The van der Waals surface area contributed by atoms with Gasteiger partial charge >= 0.3 is 6.18 Å². The minimum Gasteiger partial charge on any atom is -0.343 e. The SMILES string of the molecule is CCn1nccc1C(C)NC(=O)c1nn(C)c(C(F)(F)F)c1Br. The summed E-state index contributed by atoms with van der Waals surface area (Å²) in [7, 11) is 1.14. The van der Waals surface area contributed by atoms with E-state index in [2.05, 4.69) is 31.4 Å². The van der Waals surface area contributed by atoms with Gasteiger partial charge in [-0.05, 0) is 35.8 Å². The normalized spacial score (nSPS) is 13.2. The third-order valence-electron chi connectivity index (χ3n) is 3.31. The van der Waals surface area contributed by atoms with Crippen LogP contribution in [0.4, 0.5) is 13.2 Å². The number of aromatic nitrogens is 4. The number of hydrogen-bond acceptors (Lipinski definition) is 3. The standard InChI is InChI=1S/C13H15BrF3N5O/c1-4-22-8(5-6-18-22)7(2)19-12(23)10-9(14)11(13(15,16)17)21(3)20-10/h5-7H,4H2,1-3H3,(H,19,23). The monoisotopic (exact) mass is 393 g/mol. The summed E-state index contributed by atoms with van der Waals surface area (Å²) >= 11 is 2.82. The lowest BCUT2D eigenvalue weighted by Gasteiger charge is -2.14. The van der Waals surface area contributed by atoms with E-state index >= 15 is 0 Å². The number of rotatable bonds is 4. The molecule has 2 heterocycles. The first kappa shape index (κ1) is 17.5. The molecule has 6 nitrogen and oxygen atoms in total. The number of hydrogen-bond donors (Lipinski definition) is 1. The van der Waals surface area contributed by atoms with Gasteiger partial charge in [0.15, 0.2) is 11.4 Å². The van der Waals surface area contributed by atoms with Crippen molar-refractivity contribution in [1.82, 2.24) is 24.9 Å². The zero-order valence-corrected chi connectivity index (χ0v) is 14.2. The molecule has 1 amide bonds. The molecule has 2 aromatic rings. The van der Waals surface area contributed by atoms with Crippen LogP contribution in [0.2, 0.25) is 0 Å². The summed E-state index contributed by atoms with van der Waals surface area (Å²) in [4.78, 5) is 12.2. The average Bonchev–Trinajstić information content (AvgIpc) is 3.01. The molecular weight excluding hydrogens is 379 g/mol. The number of carbonyl (C=O) groups excluding carboxylic acids is 1. The first-order chi connectivity index (χ1) is 10.7. The molecule has 2 aromatic heterocycles. The summed E-state index contributed by atoms with van der Waals surface area (Å²) in [5, 5.41) is 10.4. The molecule has 23 heavy (non-hydrogen) atoms. The number of amides is 1. The van der Waals surface area contributed by atoms with Gasteiger partial charge in [0.05, 0.1) is 16.2 Å². The van der Waals surface area contributed by atoms with Gasteiger partial charge in [-0.15, -0.1) is 0 Å². The molecule has 0 saturated heterocycles. The van der Waals surface area contributed by atoms with Crippen molar-refractivity contribution >= 4 is 21.8 Å². The van der Waals surface area contributed by atoms with Crippen LogP contribution in [-0.2, 0) is 19.8 Å². The van der Waals surface area contributed by atoms with Gasteiger partial charge in [0.2, 0.25) is 0 Å². The molecule has 0 aliphatic heterocycles. The maximum Gasteiger partial charge on any atom is 0.434 e. The molecule has 1 N–H and O–H groups in total. The molecule has 0 bridgehead atoms. The Hall–Kier alpha value is -1.84. The highest BCUT2D eigenvalue weighted by Crippen LogP contribution is 2.36. The Morgan fingerprint density at radius 2 is 2.13 bits per heavy atom. The fourth-order valence-corrected chi connectivity index (χ4v) is 3.01. The van der Waals surface area contributed by atoms with Crippen molar-refractivity contribution < 1.29 is 18.0 Å². The van der Waals surface area contributed by atoms with Crippen molar-refractivity contribution in [2.24, 2.45) is 7.05 Å². The molecule has 0 radical (unpaired) electrons. The van der Waals surface area contributed by atoms with Crippen LogP contribution < -0.4 is 5.32 Å². The number of aryl methyl sites for hydroxylation is 2. The number of nitrogens with one attached hydrogen (secondary N) is 1. The predicted octanol–water partition coefficient (Wildman–Crippen LogP) is 2.91. The molecule has 2 rings (SSSR count). The van der Waals surface area contributed by atoms with Crippen LogP contribution in [0.5, 0.6) is 0 Å². The van der Waals surface area contributed by atoms with Gasteiger partial charge in [-0.25, -0.2) is 0 Å². The molecule has 0 spiro atoms. The van der Waals surface area contributed by atoms with Crippen LogP contribution in [0, 0.1) is 0 Å². The molecular formula is C13H15BrF3N5O. The van der Waals surface area contributed by atoms with Gasteiger partial charge in [0.1, 0.15) is 0 Å². The molecule has 1 unspecified atom stereocenters. The maximum atomic E-state index is 12.9. The van der Waals surface area contributed by atoms with Crippen molar-refractivity contribution in [3.8, 4) is 0 Å². The van der Waals surface area contributed by atoms with E-state index in [9.17, 15) is 18.0 Å². The third-order valence-corrected chi connectivity index (χ3v) is 4.06. The maximum absolute atomic E-state index is 12.9. The fourth-order valence-electron chi connectivity index (χ4n) is 2.27. The molecule has 0 aromatic carbocycles. The van der Waals surface area contributed by atoms with E-state index in [1.807, 2.05) is 6.92 Å². The highest BCUT2D eigenvalue weighted by atomic mass is 79.9. The second-order valence-electron chi connectivity index (χ2n) is 4.90. The van der Waals surface area contributed by atoms with Crippen LogP contribution in [-0.4, -0.2) is 25.5 Å². The Labute approximate surface area is 138 Å². The Morgan fingerprint density at radius 3 is 2.65 bits per heavy atom. The van der Waals surface area contributed by atoms with E-state index in [1.165, 1.54) is 0 Å². The smallest absolute Gasteiger partial charge is 0.343 e. The summed E-state index contributed by atoms with van der Waals surface area (Å²) in [5.41, 5.74) is -0.563. The minimum atomic E-state index is -4.61. The van der Waals surface area contributed by atoms with Crippen LogP contribution in [0.15, 0.2) is 16.7 Å². The van der Waals surface area contributed by atoms with Gasteiger partial charge in [0.25, 0.3) is 5.91 Å². The summed E-state index contributed by atoms with van der Waals surface area (Å²) < 4.78 is 40.8. The quantitative estimate of drug-likeness (QED) is 0.868. The first-order valence-electron chi connectivity index (χ1n) is 6.79. The highest BCUT2D eigenvalue weighted by molar-refractivity contribution is 9.10. The average molecular weight is 394 g/mol. The highest BCUT2D eigenvalue weighted by Gasteiger charge is 2.39. The van der Waals surface area contributed by atoms with Crippen molar-refractivity contribution in [3.05, 3.63) is 33.8 Å². The lowest BCUT2D eigenvalue weighted by Crippen LogP contribution is -2.29. The Bertz CT molecular complexity index is 722. The van der Waals surface area contributed by atoms with Gasteiger partial charge in [-0.1, -0.05) is 0 Å². The minimum absolute atomic E-state index is 0.311. The molecule has 126 valence electrons. The molecule has 0 aliphatic rings. The Morgan fingerprint density at radius 1 is 1.48 bits per heavy atom. The van der Waals surface area contributed by atoms with E-state index in [4.69, 9.17) is 0 Å².